The molecule has 1 aliphatic heterocycles. The SMILES string of the molecule is O=C(O)[C@@H]1CN(C(=O)c2ccc(OC(F)(F)F)cc2)C[C@H]1C(F)(F)F. The summed E-state index contributed by atoms with van der Waals surface area (Å²) < 4.78 is 78.5. The zero-order valence-electron chi connectivity index (χ0n) is 12.3. The molecule has 1 aromatic rings. The summed E-state index contributed by atoms with van der Waals surface area (Å²) in [7, 11) is 0. The number of alkyl halides is 6. The molecule has 0 spiro atoms. The molecule has 1 N–H and O–H groups in total. The van der Waals surface area contributed by atoms with Crippen molar-refractivity contribution in [2.24, 2.45) is 11.8 Å². The summed E-state index contributed by atoms with van der Waals surface area (Å²) in [6.07, 6.45) is -9.71. The Morgan fingerprint density at radius 1 is 1.04 bits per heavy atom. The van der Waals surface area contributed by atoms with E-state index in [0.29, 0.717) is 0 Å². The highest BCUT2D eigenvalue weighted by Crippen LogP contribution is 2.38. The molecule has 2 atom stereocenters. The minimum Gasteiger partial charge on any atom is -0.481 e. The van der Waals surface area contributed by atoms with Gasteiger partial charge in [-0.05, 0) is 24.3 Å². The molecule has 5 nitrogen and oxygen atoms in total. The molecule has 0 saturated carbocycles. The fourth-order valence-corrected chi connectivity index (χ4v) is 2.53. The van der Waals surface area contributed by atoms with Crippen LogP contribution in [0.2, 0.25) is 0 Å². The fourth-order valence-electron chi connectivity index (χ4n) is 2.53. The first-order valence-electron chi connectivity index (χ1n) is 6.83. The normalized spacial score (nSPS) is 21.3. The summed E-state index contributed by atoms with van der Waals surface area (Å²) in [5.74, 6) is -7.18. The van der Waals surface area contributed by atoms with Gasteiger partial charge in [-0.3, -0.25) is 9.59 Å². The first kappa shape index (κ1) is 18.9. The fraction of sp³-hybridized carbons (Fsp3) is 0.429. The van der Waals surface area contributed by atoms with Crippen molar-refractivity contribution in [2.45, 2.75) is 12.5 Å². The Morgan fingerprint density at radius 3 is 2.00 bits per heavy atom. The maximum Gasteiger partial charge on any atom is 0.573 e. The van der Waals surface area contributed by atoms with Crippen molar-refractivity contribution < 1.29 is 45.8 Å². The van der Waals surface area contributed by atoms with Crippen LogP contribution in [0.3, 0.4) is 0 Å². The Kier molecular flexibility index (Phi) is 4.87. The number of carboxylic acid groups (broad SMARTS) is 1. The van der Waals surface area contributed by atoms with Gasteiger partial charge in [-0.25, -0.2) is 0 Å². The number of aliphatic carboxylic acids is 1. The lowest BCUT2D eigenvalue weighted by Crippen LogP contribution is -2.34. The third-order valence-electron chi connectivity index (χ3n) is 3.68. The Morgan fingerprint density at radius 2 is 1.60 bits per heavy atom. The smallest absolute Gasteiger partial charge is 0.481 e. The Bertz CT molecular complexity index is 655. The maximum absolute atomic E-state index is 12.9. The van der Waals surface area contributed by atoms with Gasteiger partial charge in [0.25, 0.3) is 5.91 Å². The molecule has 0 radical (unpaired) electrons. The number of carbonyl (C=O) groups excluding carboxylic acids is 1. The number of rotatable bonds is 3. The lowest BCUT2D eigenvalue weighted by molar-refractivity contribution is -0.274. The molecule has 0 unspecified atom stereocenters. The van der Waals surface area contributed by atoms with Crippen LogP contribution in [0.5, 0.6) is 5.75 Å². The van der Waals surface area contributed by atoms with Gasteiger partial charge in [0.15, 0.2) is 0 Å². The highest BCUT2D eigenvalue weighted by Gasteiger charge is 2.53. The van der Waals surface area contributed by atoms with Crippen molar-refractivity contribution >= 4 is 11.9 Å². The van der Waals surface area contributed by atoms with Crippen LogP contribution in [-0.2, 0) is 4.79 Å². The average Bonchev–Trinajstić information content (AvgIpc) is 2.91. The first-order valence-corrected chi connectivity index (χ1v) is 6.83. The van der Waals surface area contributed by atoms with E-state index in [9.17, 15) is 35.9 Å². The van der Waals surface area contributed by atoms with Gasteiger partial charge in [-0.2, -0.15) is 13.2 Å². The number of halogens is 6. The Hall–Kier alpha value is -2.46. The van der Waals surface area contributed by atoms with Gasteiger partial charge in [0.2, 0.25) is 0 Å². The minimum atomic E-state index is -4.92. The van der Waals surface area contributed by atoms with Crippen molar-refractivity contribution in [1.29, 1.82) is 0 Å². The second kappa shape index (κ2) is 6.45. The van der Waals surface area contributed by atoms with E-state index in [-0.39, 0.29) is 5.56 Å². The summed E-state index contributed by atoms with van der Waals surface area (Å²) in [6.45, 7) is -1.47. The van der Waals surface area contributed by atoms with E-state index in [2.05, 4.69) is 4.74 Å². The monoisotopic (exact) mass is 371 g/mol. The topological polar surface area (TPSA) is 66.8 Å². The second-order valence-electron chi connectivity index (χ2n) is 5.38. The number of amides is 1. The van der Waals surface area contributed by atoms with Crippen molar-refractivity contribution in [1.82, 2.24) is 4.90 Å². The lowest BCUT2D eigenvalue weighted by atomic mass is 9.96. The van der Waals surface area contributed by atoms with E-state index in [4.69, 9.17) is 5.11 Å². The molecule has 0 aliphatic carbocycles. The molecule has 1 aliphatic rings. The van der Waals surface area contributed by atoms with E-state index >= 15 is 0 Å². The number of benzene rings is 1. The van der Waals surface area contributed by atoms with Gasteiger partial charge in [0.05, 0.1) is 11.8 Å². The van der Waals surface area contributed by atoms with Crippen LogP contribution in [-0.4, -0.2) is 47.5 Å². The van der Waals surface area contributed by atoms with E-state index < -0.39 is 55.1 Å². The van der Waals surface area contributed by atoms with Crippen molar-refractivity contribution in [3.8, 4) is 5.75 Å². The standard InChI is InChI=1S/C14H11F6NO4/c15-13(16,17)10-6-21(5-9(10)12(23)24)11(22)7-1-3-8(4-2-7)25-14(18,19)20/h1-4,9-10H,5-6H2,(H,23,24)/t9-,10-/m1/s1. The maximum atomic E-state index is 12.9. The summed E-state index contributed by atoms with van der Waals surface area (Å²) in [5, 5.41) is 8.90. The predicted octanol–water partition coefficient (Wildman–Crippen LogP) is 2.92. The molecule has 0 bridgehead atoms. The summed E-state index contributed by atoms with van der Waals surface area (Å²) in [4.78, 5) is 23.9. The van der Waals surface area contributed by atoms with Crippen LogP contribution in [0.4, 0.5) is 26.3 Å². The van der Waals surface area contributed by atoms with Crippen LogP contribution in [0.1, 0.15) is 10.4 Å². The molecule has 138 valence electrons. The van der Waals surface area contributed by atoms with Crippen LogP contribution >= 0.6 is 0 Å². The van der Waals surface area contributed by atoms with Gasteiger partial charge in [0.1, 0.15) is 5.75 Å². The molecule has 1 aromatic carbocycles. The zero-order chi connectivity index (χ0) is 19.0. The molecule has 0 aromatic heterocycles. The molecule has 11 heteroatoms. The molecule has 1 fully saturated rings. The predicted molar refractivity (Wildman–Crippen MR) is 69.7 cm³/mol. The largest absolute Gasteiger partial charge is 0.573 e. The van der Waals surface area contributed by atoms with Crippen LogP contribution in [0.25, 0.3) is 0 Å². The number of carbonyl (C=O) groups is 2. The summed E-state index contributed by atoms with van der Waals surface area (Å²) in [6, 6.07) is 3.60. The molecule has 25 heavy (non-hydrogen) atoms. The minimum absolute atomic E-state index is 0.179. The van der Waals surface area contributed by atoms with E-state index in [1.54, 1.807) is 0 Å². The molecular formula is C14H11F6NO4. The van der Waals surface area contributed by atoms with Gasteiger partial charge in [0, 0.05) is 18.7 Å². The molecule has 1 amide bonds. The molecule has 1 saturated heterocycles. The van der Waals surface area contributed by atoms with Crippen molar-refractivity contribution in [3.05, 3.63) is 29.8 Å². The first-order chi connectivity index (χ1) is 11.4. The van der Waals surface area contributed by atoms with Gasteiger partial charge in [-0.15, -0.1) is 13.2 Å². The third-order valence-corrected chi connectivity index (χ3v) is 3.68. The van der Waals surface area contributed by atoms with E-state index in [1.807, 2.05) is 0 Å². The summed E-state index contributed by atoms with van der Waals surface area (Å²) in [5.41, 5.74) is -0.179. The Labute approximate surface area is 136 Å². The van der Waals surface area contributed by atoms with Crippen molar-refractivity contribution in [2.75, 3.05) is 13.1 Å². The molecule has 1 heterocycles. The number of carboxylic acids is 1. The van der Waals surface area contributed by atoms with E-state index in [0.717, 1.165) is 29.2 Å². The molecular weight excluding hydrogens is 360 g/mol. The number of hydrogen-bond donors (Lipinski definition) is 1. The van der Waals surface area contributed by atoms with Crippen molar-refractivity contribution in [3.63, 3.8) is 0 Å². The quantitative estimate of drug-likeness (QED) is 0.830. The van der Waals surface area contributed by atoms with Gasteiger partial charge in [-0.1, -0.05) is 0 Å². The molecule has 2 rings (SSSR count). The van der Waals surface area contributed by atoms with Gasteiger partial charge >= 0.3 is 18.5 Å². The highest BCUT2D eigenvalue weighted by molar-refractivity contribution is 5.95. The summed E-state index contributed by atoms with van der Waals surface area (Å²) >= 11 is 0. The average molecular weight is 371 g/mol. The second-order valence-corrected chi connectivity index (χ2v) is 5.38. The van der Waals surface area contributed by atoms with Crippen LogP contribution in [0.15, 0.2) is 24.3 Å². The number of hydrogen-bond acceptors (Lipinski definition) is 3. The third kappa shape index (κ3) is 4.54. The Balaban J connectivity index is 2.14. The lowest BCUT2D eigenvalue weighted by Gasteiger charge is -2.18. The van der Waals surface area contributed by atoms with Crippen LogP contribution < -0.4 is 4.74 Å². The van der Waals surface area contributed by atoms with Gasteiger partial charge < -0.3 is 14.7 Å². The number of likely N-dealkylation sites (tertiary alicyclic amines) is 1. The number of ether oxygens (including phenoxy) is 1. The van der Waals surface area contributed by atoms with Crippen LogP contribution in [0, 0.1) is 11.8 Å². The zero-order valence-corrected chi connectivity index (χ0v) is 12.3. The number of nitrogens with zero attached hydrogens (tertiary/aromatic N) is 1. The van der Waals surface area contributed by atoms with E-state index in [1.165, 1.54) is 0 Å². The highest BCUT2D eigenvalue weighted by atomic mass is 19.4.